The molecule has 8 nitrogen and oxygen atoms in total. The van der Waals surface area contributed by atoms with Crippen molar-refractivity contribution in [3.63, 3.8) is 0 Å². The fourth-order valence-electron chi connectivity index (χ4n) is 1.29. The van der Waals surface area contributed by atoms with E-state index in [2.05, 4.69) is 9.97 Å². The van der Waals surface area contributed by atoms with Gasteiger partial charge in [-0.2, -0.15) is 4.98 Å². The number of nitro groups is 1. The van der Waals surface area contributed by atoms with Crippen molar-refractivity contribution in [3.8, 4) is 11.8 Å². The van der Waals surface area contributed by atoms with Crippen LogP contribution in [0.3, 0.4) is 0 Å². The van der Waals surface area contributed by atoms with Gasteiger partial charge in [-0.25, -0.2) is 9.78 Å². The van der Waals surface area contributed by atoms with Crippen LogP contribution in [0.25, 0.3) is 0 Å². The highest BCUT2D eigenvalue weighted by Crippen LogP contribution is 2.31. The molecule has 0 saturated carbocycles. The van der Waals surface area contributed by atoms with Gasteiger partial charge in [-0.3, -0.25) is 10.1 Å². The van der Waals surface area contributed by atoms with Crippen molar-refractivity contribution < 1.29 is 19.6 Å². The van der Waals surface area contributed by atoms with Crippen LogP contribution in [-0.4, -0.2) is 26.0 Å². The maximum Gasteiger partial charge on any atom is 0.354 e. The predicted molar refractivity (Wildman–Crippen MR) is 67.2 cm³/mol. The van der Waals surface area contributed by atoms with Crippen LogP contribution in [0.4, 0.5) is 5.69 Å². The van der Waals surface area contributed by atoms with Crippen LogP contribution in [-0.2, 0) is 0 Å². The van der Waals surface area contributed by atoms with Crippen molar-refractivity contribution >= 4 is 23.3 Å². The van der Waals surface area contributed by atoms with E-state index in [4.69, 9.17) is 21.4 Å². The number of aromatic carboxylic acids is 1. The summed E-state index contributed by atoms with van der Waals surface area (Å²) in [5.41, 5.74) is -0.435. The van der Waals surface area contributed by atoms with Crippen LogP contribution in [0.5, 0.6) is 11.8 Å². The summed E-state index contributed by atoms with van der Waals surface area (Å²) in [4.78, 5) is 28.1. The first-order valence-electron chi connectivity index (χ1n) is 5.15. The highest BCUT2D eigenvalue weighted by atomic mass is 35.5. The van der Waals surface area contributed by atoms with Crippen LogP contribution in [0.15, 0.2) is 30.5 Å². The van der Waals surface area contributed by atoms with Crippen molar-refractivity contribution in [2.45, 2.75) is 0 Å². The van der Waals surface area contributed by atoms with Gasteiger partial charge in [0.15, 0.2) is 5.69 Å². The Labute approximate surface area is 116 Å². The summed E-state index contributed by atoms with van der Waals surface area (Å²) in [6.07, 6.45) is 1.21. The SMILES string of the molecule is O=C(O)c1ccnc(Oc2ccc([N+](=O)[O-])cc2Cl)n1. The summed E-state index contributed by atoms with van der Waals surface area (Å²) < 4.78 is 5.19. The van der Waals surface area contributed by atoms with E-state index in [-0.39, 0.29) is 28.2 Å². The minimum atomic E-state index is -1.23. The van der Waals surface area contributed by atoms with Crippen molar-refractivity contribution in [1.29, 1.82) is 0 Å². The first-order chi connectivity index (χ1) is 9.47. The number of carboxylic acids is 1. The standard InChI is InChI=1S/C11H6ClN3O5/c12-7-5-6(15(18)19)1-2-9(7)20-11-13-4-3-8(14-11)10(16)17/h1-5H,(H,16,17). The molecular formula is C11H6ClN3O5. The molecule has 0 spiro atoms. The fourth-order valence-corrected chi connectivity index (χ4v) is 1.51. The van der Waals surface area contributed by atoms with E-state index in [9.17, 15) is 14.9 Å². The van der Waals surface area contributed by atoms with Crippen LogP contribution in [0, 0.1) is 10.1 Å². The number of benzene rings is 1. The molecule has 2 aromatic rings. The number of halogens is 1. The third-order valence-corrected chi connectivity index (χ3v) is 2.48. The molecule has 0 bridgehead atoms. The minimum Gasteiger partial charge on any atom is -0.477 e. The zero-order valence-electron chi connectivity index (χ0n) is 9.69. The Hall–Kier alpha value is -2.74. The first kappa shape index (κ1) is 13.7. The summed E-state index contributed by atoms with van der Waals surface area (Å²) >= 11 is 5.82. The smallest absolute Gasteiger partial charge is 0.354 e. The highest BCUT2D eigenvalue weighted by Gasteiger charge is 2.13. The molecule has 1 N–H and O–H groups in total. The summed E-state index contributed by atoms with van der Waals surface area (Å²) in [5.74, 6) is -1.15. The second-order valence-electron chi connectivity index (χ2n) is 3.50. The Kier molecular flexibility index (Phi) is 3.76. The maximum absolute atomic E-state index is 10.7. The molecule has 0 saturated heterocycles. The molecule has 0 unspecified atom stereocenters. The fraction of sp³-hybridized carbons (Fsp3) is 0. The largest absolute Gasteiger partial charge is 0.477 e. The van der Waals surface area contributed by atoms with Crippen LogP contribution in [0.1, 0.15) is 10.5 Å². The quantitative estimate of drug-likeness (QED) is 0.680. The average Bonchev–Trinajstić information content (AvgIpc) is 2.41. The Morgan fingerprint density at radius 2 is 2.15 bits per heavy atom. The third-order valence-electron chi connectivity index (χ3n) is 2.18. The molecule has 1 aromatic carbocycles. The van der Waals surface area contributed by atoms with E-state index in [1.54, 1.807) is 0 Å². The maximum atomic E-state index is 10.7. The zero-order chi connectivity index (χ0) is 14.7. The number of nitrogens with zero attached hydrogens (tertiary/aromatic N) is 3. The Morgan fingerprint density at radius 3 is 2.75 bits per heavy atom. The van der Waals surface area contributed by atoms with Gasteiger partial charge in [0.05, 0.1) is 9.95 Å². The first-order valence-corrected chi connectivity index (χ1v) is 5.53. The van der Waals surface area contributed by atoms with E-state index >= 15 is 0 Å². The lowest BCUT2D eigenvalue weighted by Crippen LogP contribution is -2.02. The van der Waals surface area contributed by atoms with Gasteiger partial charge in [0, 0.05) is 18.3 Å². The van der Waals surface area contributed by atoms with Crippen molar-refractivity contribution in [2.24, 2.45) is 0 Å². The molecule has 20 heavy (non-hydrogen) atoms. The lowest BCUT2D eigenvalue weighted by atomic mass is 10.3. The topological polar surface area (TPSA) is 115 Å². The number of carbonyl (C=O) groups is 1. The number of rotatable bonds is 4. The number of nitro benzene ring substituents is 1. The normalized spacial score (nSPS) is 10.1. The van der Waals surface area contributed by atoms with Crippen molar-refractivity contribution in [2.75, 3.05) is 0 Å². The Balaban J connectivity index is 2.28. The molecule has 0 aliphatic rings. The van der Waals surface area contributed by atoms with Gasteiger partial charge in [0.2, 0.25) is 0 Å². The summed E-state index contributed by atoms with van der Waals surface area (Å²) in [6.45, 7) is 0. The summed E-state index contributed by atoms with van der Waals surface area (Å²) in [7, 11) is 0. The van der Waals surface area contributed by atoms with Crippen molar-refractivity contribution in [1.82, 2.24) is 9.97 Å². The van der Waals surface area contributed by atoms with Crippen LogP contribution in [0.2, 0.25) is 5.02 Å². The third kappa shape index (κ3) is 2.98. The van der Waals surface area contributed by atoms with Gasteiger partial charge >= 0.3 is 12.0 Å². The molecule has 0 fully saturated rings. The minimum absolute atomic E-state index is 0.0106. The Bertz CT molecular complexity index is 692. The Morgan fingerprint density at radius 1 is 1.40 bits per heavy atom. The van der Waals surface area contributed by atoms with Gasteiger partial charge < -0.3 is 9.84 Å². The van der Waals surface area contributed by atoms with Gasteiger partial charge in [0.25, 0.3) is 5.69 Å². The molecule has 102 valence electrons. The second kappa shape index (κ2) is 5.49. The van der Waals surface area contributed by atoms with Gasteiger partial charge in [0.1, 0.15) is 5.75 Å². The van der Waals surface area contributed by atoms with E-state index in [1.807, 2.05) is 0 Å². The molecule has 0 amide bonds. The molecule has 1 heterocycles. The predicted octanol–water partition coefficient (Wildman–Crippen LogP) is 2.53. The zero-order valence-corrected chi connectivity index (χ0v) is 10.4. The molecule has 1 aromatic heterocycles. The van der Waals surface area contributed by atoms with Gasteiger partial charge in [-0.1, -0.05) is 11.6 Å². The number of ether oxygens (including phenoxy) is 1. The summed E-state index contributed by atoms with van der Waals surface area (Å²) in [6, 6.07) is 4.56. The highest BCUT2D eigenvalue weighted by molar-refractivity contribution is 6.32. The van der Waals surface area contributed by atoms with Crippen LogP contribution >= 0.6 is 11.6 Å². The lowest BCUT2D eigenvalue weighted by molar-refractivity contribution is -0.384. The molecule has 9 heteroatoms. The molecule has 2 rings (SSSR count). The van der Waals surface area contributed by atoms with E-state index in [1.165, 1.54) is 24.4 Å². The second-order valence-corrected chi connectivity index (χ2v) is 3.91. The number of non-ortho nitro benzene ring substituents is 1. The van der Waals surface area contributed by atoms with Crippen LogP contribution < -0.4 is 4.74 Å². The molecule has 0 aliphatic heterocycles. The number of aromatic nitrogens is 2. The lowest BCUT2D eigenvalue weighted by Gasteiger charge is -2.05. The van der Waals surface area contributed by atoms with E-state index < -0.39 is 10.9 Å². The number of hydrogen-bond donors (Lipinski definition) is 1. The average molecular weight is 296 g/mol. The van der Waals surface area contributed by atoms with E-state index in [0.29, 0.717) is 0 Å². The van der Waals surface area contributed by atoms with E-state index in [0.717, 1.165) is 6.07 Å². The molecule has 0 radical (unpaired) electrons. The summed E-state index contributed by atoms with van der Waals surface area (Å²) in [5, 5.41) is 19.3. The molecule has 0 aliphatic carbocycles. The monoisotopic (exact) mass is 295 g/mol. The van der Waals surface area contributed by atoms with Crippen molar-refractivity contribution in [3.05, 3.63) is 51.3 Å². The number of carboxylic acid groups (broad SMARTS) is 1. The molecular weight excluding hydrogens is 290 g/mol. The number of hydrogen-bond acceptors (Lipinski definition) is 6. The van der Waals surface area contributed by atoms with Gasteiger partial charge in [-0.05, 0) is 12.1 Å². The molecule has 0 atom stereocenters. The van der Waals surface area contributed by atoms with Gasteiger partial charge in [-0.15, -0.1) is 0 Å².